The average molecular weight is 181 g/mol. The molecule has 0 aromatic heterocycles. The Morgan fingerprint density at radius 2 is 2.31 bits per heavy atom. The molecule has 0 fully saturated rings. The van der Waals surface area contributed by atoms with Crippen LogP contribution in [-0.2, 0) is 0 Å². The minimum absolute atomic E-state index is 0.156. The number of nitrogens with one attached hydrogen (secondary N) is 1. The van der Waals surface area contributed by atoms with Crippen molar-refractivity contribution in [1.29, 1.82) is 5.41 Å². The van der Waals surface area contributed by atoms with Gasteiger partial charge >= 0.3 is 5.82 Å². The fourth-order valence-electron chi connectivity index (χ4n) is 1.15. The zero-order chi connectivity index (χ0) is 10.5. The lowest BCUT2D eigenvalue weighted by atomic mass is 9.92. The van der Waals surface area contributed by atoms with E-state index in [1.807, 2.05) is 6.92 Å². The van der Waals surface area contributed by atoms with Crippen LogP contribution in [0.4, 0.5) is 0 Å². The van der Waals surface area contributed by atoms with Crippen molar-refractivity contribution >= 4 is 6.21 Å². The number of hydrogen-bond donors (Lipinski definition) is 3. The van der Waals surface area contributed by atoms with E-state index in [9.17, 15) is 0 Å². The summed E-state index contributed by atoms with van der Waals surface area (Å²) in [5.41, 5.74) is 10.6. The lowest BCUT2D eigenvalue weighted by Crippen LogP contribution is -2.39. The second-order valence-electron chi connectivity index (χ2n) is 3.55. The van der Waals surface area contributed by atoms with Gasteiger partial charge in [0, 0.05) is 17.8 Å². The van der Waals surface area contributed by atoms with Gasteiger partial charge in [-0.25, -0.2) is 0 Å². The molecule has 4 heteroatoms. The van der Waals surface area contributed by atoms with Crippen molar-refractivity contribution in [2.24, 2.45) is 17.4 Å². The topological polar surface area (TPSA) is 80.2 Å². The summed E-state index contributed by atoms with van der Waals surface area (Å²) in [4.78, 5) is 3.33. The van der Waals surface area contributed by atoms with E-state index in [0.717, 1.165) is 0 Å². The van der Waals surface area contributed by atoms with Gasteiger partial charge in [0.2, 0.25) is 0 Å². The highest BCUT2D eigenvalue weighted by molar-refractivity contribution is 5.65. The molecule has 0 amide bonds. The van der Waals surface area contributed by atoms with Crippen molar-refractivity contribution in [3.63, 3.8) is 0 Å². The normalized spacial score (nSPS) is 18.5. The van der Waals surface area contributed by atoms with Crippen LogP contribution in [0, 0.1) is 17.9 Å². The van der Waals surface area contributed by atoms with Crippen molar-refractivity contribution in [2.75, 3.05) is 0 Å². The first-order valence-corrected chi connectivity index (χ1v) is 4.10. The number of rotatable bonds is 4. The summed E-state index contributed by atoms with van der Waals surface area (Å²) in [7, 11) is 0. The third-order valence-electron chi connectivity index (χ3n) is 1.70. The predicted octanol–water partition coefficient (Wildman–Crippen LogP) is 1.14. The third kappa shape index (κ3) is 4.99. The van der Waals surface area contributed by atoms with Crippen molar-refractivity contribution in [1.82, 2.24) is 0 Å². The van der Waals surface area contributed by atoms with Gasteiger partial charge in [-0.3, -0.25) is 5.73 Å². The summed E-state index contributed by atoms with van der Waals surface area (Å²) in [5.74, 6) is 0.456. The maximum Gasteiger partial charge on any atom is 0.372 e. The molecule has 4 nitrogen and oxygen atoms in total. The van der Waals surface area contributed by atoms with Gasteiger partial charge in [0.1, 0.15) is 6.57 Å². The Balaban J connectivity index is 4.26. The maximum atomic E-state index is 7.08. The van der Waals surface area contributed by atoms with Crippen LogP contribution >= 0.6 is 0 Å². The quantitative estimate of drug-likeness (QED) is 0.568. The molecule has 72 valence electrons. The van der Waals surface area contributed by atoms with E-state index in [0.29, 0.717) is 12.2 Å². The highest BCUT2D eigenvalue weighted by Crippen LogP contribution is 2.14. The van der Waals surface area contributed by atoms with Gasteiger partial charge in [-0.1, -0.05) is 6.92 Å². The van der Waals surface area contributed by atoms with Crippen LogP contribution in [0.2, 0.25) is 0 Å². The Bertz CT molecular complexity index is 247. The molecule has 0 radical (unpaired) electrons. The van der Waals surface area contributed by atoms with Crippen LogP contribution in [0.5, 0.6) is 0 Å². The van der Waals surface area contributed by atoms with E-state index < -0.39 is 5.54 Å². The van der Waals surface area contributed by atoms with E-state index in [2.05, 4.69) is 4.85 Å². The molecule has 0 heterocycles. The third-order valence-corrected chi connectivity index (χ3v) is 1.70. The number of hydrogen-bond acceptors (Lipinski definition) is 3. The van der Waals surface area contributed by atoms with E-state index in [4.69, 9.17) is 23.4 Å². The summed E-state index contributed by atoms with van der Waals surface area (Å²) < 4.78 is 0. The summed E-state index contributed by atoms with van der Waals surface area (Å²) in [6.45, 7) is 8.72. The molecule has 5 N–H and O–H groups in total. The molecular weight excluding hydrogens is 164 g/mol. The SMILES string of the molecule is C#[N+]/C(N)=C\C(C)CC(C)(N)C=N. The molecule has 0 aliphatic heterocycles. The molecule has 0 aliphatic carbocycles. The van der Waals surface area contributed by atoms with Gasteiger partial charge in [0.25, 0.3) is 0 Å². The highest BCUT2D eigenvalue weighted by atomic mass is 14.8. The summed E-state index contributed by atoms with van der Waals surface area (Å²) in [6, 6.07) is 0. The van der Waals surface area contributed by atoms with Gasteiger partial charge in [-0.15, -0.1) is 0 Å². The smallest absolute Gasteiger partial charge is 0.321 e. The summed E-state index contributed by atoms with van der Waals surface area (Å²) >= 11 is 0. The van der Waals surface area contributed by atoms with Crippen LogP contribution in [0.25, 0.3) is 4.85 Å². The molecule has 13 heavy (non-hydrogen) atoms. The van der Waals surface area contributed by atoms with Gasteiger partial charge in [0.15, 0.2) is 0 Å². The second kappa shape index (κ2) is 4.63. The average Bonchev–Trinajstić information content (AvgIpc) is 2.03. The lowest BCUT2D eigenvalue weighted by molar-refractivity contribution is 0.498. The molecular formula is C9H17N4+. The maximum absolute atomic E-state index is 7.08. The van der Waals surface area contributed by atoms with Crippen molar-refractivity contribution in [3.8, 4) is 6.57 Å². The fourth-order valence-corrected chi connectivity index (χ4v) is 1.15. The molecule has 0 bridgehead atoms. The summed E-state index contributed by atoms with van der Waals surface area (Å²) in [5, 5.41) is 7.08. The predicted molar refractivity (Wildman–Crippen MR) is 55.7 cm³/mol. The molecule has 0 aromatic carbocycles. The summed E-state index contributed by atoms with van der Waals surface area (Å²) in [6.07, 6.45) is 3.61. The Morgan fingerprint density at radius 3 is 2.69 bits per heavy atom. The number of allylic oxidation sites excluding steroid dienone is 1. The monoisotopic (exact) mass is 181 g/mol. The van der Waals surface area contributed by atoms with Gasteiger partial charge in [-0.2, -0.15) is 4.85 Å². The Kier molecular flexibility index (Phi) is 4.15. The van der Waals surface area contributed by atoms with E-state index >= 15 is 0 Å². The lowest BCUT2D eigenvalue weighted by Gasteiger charge is -2.20. The van der Waals surface area contributed by atoms with Crippen molar-refractivity contribution in [3.05, 3.63) is 16.7 Å². The minimum Gasteiger partial charge on any atom is -0.321 e. The van der Waals surface area contributed by atoms with Crippen LogP contribution in [0.1, 0.15) is 20.3 Å². The van der Waals surface area contributed by atoms with Crippen LogP contribution in [0.15, 0.2) is 11.9 Å². The second-order valence-corrected chi connectivity index (χ2v) is 3.55. The van der Waals surface area contributed by atoms with E-state index in [-0.39, 0.29) is 5.92 Å². The minimum atomic E-state index is -0.592. The van der Waals surface area contributed by atoms with Crippen LogP contribution in [0.3, 0.4) is 0 Å². The molecule has 2 atom stereocenters. The number of nitrogens with two attached hydrogens (primary N) is 2. The first-order valence-electron chi connectivity index (χ1n) is 4.10. The molecule has 0 spiro atoms. The largest absolute Gasteiger partial charge is 0.372 e. The Morgan fingerprint density at radius 1 is 1.77 bits per heavy atom. The van der Waals surface area contributed by atoms with Gasteiger partial charge in [0.05, 0.1) is 0 Å². The highest BCUT2D eigenvalue weighted by Gasteiger charge is 2.18. The molecule has 0 aromatic rings. The zero-order valence-corrected chi connectivity index (χ0v) is 8.12. The standard InChI is InChI=1S/C9H17N4/c1-7(4-8(11)13-3)5-9(2,12)6-10/h3-4,6-7,10H,5,11-12H2,1-2H3/q+1/b8-4-,10-6?. The molecule has 2 unspecified atom stereocenters. The first kappa shape index (κ1) is 11.7. The fraction of sp³-hybridized carbons (Fsp3) is 0.556. The van der Waals surface area contributed by atoms with Crippen LogP contribution < -0.4 is 11.5 Å². The van der Waals surface area contributed by atoms with Crippen molar-refractivity contribution < 1.29 is 0 Å². The molecule has 0 aliphatic rings. The number of nitrogens with zero attached hydrogens (tertiary/aromatic N) is 1. The van der Waals surface area contributed by atoms with E-state index in [1.165, 1.54) is 6.21 Å². The molecule has 0 rings (SSSR count). The Hall–Kier alpha value is -1.34. The molecule has 0 saturated heterocycles. The molecule has 0 saturated carbocycles. The Labute approximate surface area is 78.9 Å². The van der Waals surface area contributed by atoms with Gasteiger partial charge in [-0.05, 0) is 19.3 Å². The zero-order valence-electron chi connectivity index (χ0n) is 8.12. The van der Waals surface area contributed by atoms with Crippen molar-refractivity contribution in [2.45, 2.75) is 25.8 Å². The van der Waals surface area contributed by atoms with Crippen LogP contribution in [-0.4, -0.2) is 11.8 Å². The van der Waals surface area contributed by atoms with E-state index in [1.54, 1.807) is 13.0 Å². The van der Waals surface area contributed by atoms with Gasteiger partial charge < -0.3 is 11.1 Å². The first-order chi connectivity index (χ1) is 5.91.